The molecule has 3 rings (SSSR count). The van der Waals surface area contributed by atoms with Gasteiger partial charge in [-0.05, 0) is 60.7 Å². The number of hydrogen-bond acceptors (Lipinski definition) is 3. The predicted octanol–water partition coefficient (Wildman–Crippen LogP) is 3.76. The average Bonchev–Trinajstić information content (AvgIpc) is 3.03. The highest BCUT2D eigenvalue weighted by Gasteiger charge is 2.24. The Kier molecular flexibility index (Phi) is 7.76. The number of hydrogen-bond donors (Lipinski definition) is 1. The first-order valence-electron chi connectivity index (χ1n) is 10.3. The number of halogens is 1. The Morgan fingerprint density at radius 1 is 1.03 bits per heavy atom. The lowest BCUT2D eigenvalue weighted by molar-refractivity contribution is -0.116. The first kappa shape index (κ1) is 22.2. The molecule has 0 unspecified atom stereocenters. The van der Waals surface area contributed by atoms with E-state index in [-0.39, 0.29) is 16.6 Å². The summed E-state index contributed by atoms with van der Waals surface area (Å²) in [6.07, 6.45) is 7.52. The average molecular weight is 431 g/mol. The number of sulfonamides is 1. The second-order valence-corrected chi connectivity index (χ2v) is 9.33. The van der Waals surface area contributed by atoms with Crippen molar-refractivity contribution < 1.29 is 17.6 Å². The molecule has 0 aromatic heterocycles. The summed E-state index contributed by atoms with van der Waals surface area (Å²) in [6, 6.07) is 12.8. The lowest BCUT2D eigenvalue weighted by atomic mass is 10.1. The molecular formula is C23H27FN2O3S. The highest BCUT2D eigenvalue weighted by Crippen LogP contribution is 2.21. The minimum Gasteiger partial charge on any atom is -0.352 e. The van der Waals surface area contributed by atoms with Gasteiger partial charge < -0.3 is 5.32 Å². The van der Waals surface area contributed by atoms with Crippen molar-refractivity contribution in [3.05, 3.63) is 71.6 Å². The van der Waals surface area contributed by atoms with Gasteiger partial charge in [-0.1, -0.05) is 37.1 Å². The van der Waals surface area contributed by atoms with E-state index in [1.54, 1.807) is 40.7 Å². The maximum absolute atomic E-state index is 13.1. The van der Waals surface area contributed by atoms with Crippen LogP contribution >= 0.6 is 0 Å². The van der Waals surface area contributed by atoms with Crippen LogP contribution in [-0.2, 0) is 21.2 Å². The molecule has 1 amide bonds. The van der Waals surface area contributed by atoms with Crippen LogP contribution < -0.4 is 5.32 Å². The monoisotopic (exact) mass is 430 g/mol. The lowest BCUT2D eigenvalue weighted by Crippen LogP contribution is -2.31. The maximum Gasteiger partial charge on any atom is 0.244 e. The van der Waals surface area contributed by atoms with E-state index in [2.05, 4.69) is 5.32 Å². The van der Waals surface area contributed by atoms with E-state index in [0.29, 0.717) is 26.1 Å². The van der Waals surface area contributed by atoms with Crippen molar-refractivity contribution in [3.63, 3.8) is 0 Å². The number of nitrogens with zero attached hydrogens (tertiary/aromatic N) is 1. The minimum absolute atomic E-state index is 0.257. The topological polar surface area (TPSA) is 66.5 Å². The second-order valence-electron chi connectivity index (χ2n) is 7.39. The Bertz CT molecular complexity index is 980. The standard InChI is InChI=1S/C23H27FN2O3S/c24-21-7-5-6-20(18-21)14-15-25-23(27)13-10-19-8-11-22(12-9-19)30(28,29)26-16-3-1-2-4-17-26/h5-13,18H,1-4,14-17H2,(H,25,27)/b13-10+. The van der Waals surface area contributed by atoms with Gasteiger partial charge in [-0.25, -0.2) is 12.8 Å². The van der Waals surface area contributed by atoms with Crippen molar-refractivity contribution in [1.29, 1.82) is 0 Å². The molecule has 0 saturated carbocycles. The molecule has 1 saturated heterocycles. The number of benzene rings is 2. The second kappa shape index (κ2) is 10.5. The van der Waals surface area contributed by atoms with Crippen LogP contribution in [-0.4, -0.2) is 38.3 Å². The van der Waals surface area contributed by atoms with Gasteiger partial charge in [0, 0.05) is 25.7 Å². The summed E-state index contributed by atoms with van der Waals surface area (Å²) in [7, 11) is -3.47. The SMILES string of the molecule is O=C(/C=C/c1ccc(S(=O)(=O)N2CCCCCC2)cc1)NCCc1cccc(F)c1. The van der Waals surface area contributed by atoms with Crippen LogP contribution in [0.15, 0.2) is 59.5 Å². The molecule has 0 radical (unpaired) electrons. The third kappa shape index (κ3) is 6.24. The van der Waals surface area contributed by atoms with E-state index in [9.17, 15) is 17.6 Å². The van der Waals surface area contributed by atoms with E-state index >= 15 is 0 Å². The van der Waals surface area contributed by atoms with E-state index < -0.39 is 10.0 Å². The van der Waals surface area contributed by atoms with Crippen molar-refractivity contribution >= 4 is 22.0 Å². The molecule has 1 aliphatic rings. The number of rotatable bonds is 7. The first-order valence-corrected chi connectivity index (χ1v) is 11.7. The summed E-state index contributed by atoms with van der Waals surface area (Å²) in [4.78, 5) is 12.2. The Balaban J connectivity index is 1.53. The highest BCUT2D eigenvalue weighted by molar-refractivity contribution is 7.89. The van der Waals surface area contributed by atoms with E-state index in [1.165, 1.54) is 18.2 Å². The van der Waals surface area contributed by atoms with Gasteiger partial charge >= 0.3 is 0 Å². The predicted molar refractivity (Wildman–Crippen MR) is 116 cm³/mol. The van der Waals surface area contributed by atoms with Crippen LogP contribution in [0.1, 0.15) is 36.8 Å². The van der Waals surface area contributed by atoms with Crippen molar-refractivity contribution in [2.45, 2.75) is 37.0 Å². The zero-order chi connectivity index (χ0) is 21.4. The van der Waals surface area contributed by atoms with Crippen LogP contribution in [0, 0.1) is 5.82 Å². The quantitative estimate of drug-likeness (QED) is 0.680. The summed E-state index contributed by atoms with van der Waals surface area (Å²) in [5, 5.41) is 2.75. The van der Waals surface area contributed by atoms with Gasteiger partial charge in [0.2, 0.25) is 15.9 Å². The zero-order valence-electron chi connectivity index (χ0n) is 16.9. The fourth-order valence-electron chi connectivity index (χ4n) is 3.44. The molecular weight excluding hydrogens is 403 g/mol. The molecule has 1 heterocycles. The number of carbonyl (C=O) groups is 1. The van der Waals surface area contributed by atoms with Crippen molar-refractivity contribution in [1.82, 2.24) is 9.62 Å². The molecule has 1 N–H and O–H groups in total. The van der Waals surface area contributed by atoms with Crippen LogP contribution in [0.4, 0.5) is 4.39 Å². The summed E-state index contributed by atoms with van der Waals surface area (Å²) in [5.74, 6) is -0.548. The molecule has 0 aliphatic carbocycles. The first-order chi connectivity index (χ1) is 14.4. The van der Waals surface area contributed by atoms with Gasteiger partial charge in [0.1, 0.15) is 5.82 Å². The third-order valence-electron chi connectivity index (χ3n) is 5.11. The normalized spacial score (nSPS) is 15.8. The Labute approximate surface area is 177 Å². The fourth-order valence-corrected chi connectivity index (χ4v) is 4.95. The number of amides is 1. The molecule has 1 aliphatic heterocycles. The van der Waals surface area contributed by atoms with Gasteiger partial charge in [-0.3, -0.25) is 4.79 Å². The molecule has 0 spiro atoms. The molecule has 0 bridgehead atoms. The van der Waals surface area contributed by atoms with Crippen molar-refractivity contribution in [3.8, 4) is 0 Å². The van der Waals surface area contributed by atoms with Crippen molar-refractivity contribution in [2.24, 2.45) is 0 Å². The molecule has 30 heavy (non-hydrogen) atoms. The molecule has 1 fully saturated rings. The molecule has 0 atom stereocenters. The van der Waals surface area contributed by atoms with E-state index in [4.69, 9.17) is 0 Å². The molecule has 5 nitrogen and oxygen atoms in total. The molecule has 2 aromatic carbocycles. The van der Waals surface area contributed by atoms with E-state index in [1.807, 2.05) is 6.07 Å². The van der Waals surface area contributed by atoms with Crippen LogP contribution in [0.5, 0.6) is 0 Å². The van der Waals surface area contributed by atoms with Gasteiger partial charge in [-0.15, -0.1) is 0 Å². The number of carbonyl (C=O) groups excluding carboxylic acids is 1. The molecule has 7 heteroatoms. The van der Waals surface area contributed by atoms with Crippen LogP contribution in [0.2, 0.25) is 0 Å². The van der Waals surface area contributed by atoms with Gasteiger partial charge in [0.25, 0.3) is 0 Å². The lowest BCUT2D eigenvalue weighted by Gasteiger charge is -2.19. The van der Waals surface area contributed by atoms with Crippen molar-refractivity contribution in [2.75, 3.05) is 19.6 Å². The zero-order valence-corrected chi connectivity index (χ0v) is 17.7. The minimum atomic E-state index is -3.47. The maximum atomic E-state index is 13.1. The molecule has 160 valence electrons. The number of nitrogens with one attached hydrogen (secondary N) is 1. The van der Waals surface area contributed by atoms with Gasteiger partial charge in [0.05, 0.1) is 4.90 Å². The third-order valence-corrected chi connectivity index (χ3v) is 7.02. The van der Waals surface area contributed by atoms with Gasteiger partial charge in [0.15, 0.2) is 0 Å². The molecule has 2 aromatic rings. The largest absolute Gasteiger partial charge is 0.352 e. The van der Waals surface area contributed by atoms with Crippen LogP contribution in [0.3, 0.4) is 0 Å². The summed E-state index contributed by atoms with van der Waals surface area (Å²) >= 11 is 0. The Morgan fingerprint density at radius 3 is 2.40 bits per heavy atom. The van der Waals surface area contributed by atoms with E-state index in [0.717, 1.165) is 36.8 Å². The summed E-state index contributed by atoms with van der Waals surface area (Å²) in [6.45, 7) is 1.54. The Hall–Kier alpha value is -2.51. The Morgan fingerprint density at radius 2 is 1.73 bits per heavy atom. The van der Waals surface area contributed by atoms with Gasteiger partial charge in [-0.2, -0.15) is 4.31 Å². The van der Waals surface area contributed by atoms with Crippen LogP contribution in [0.25, 0.3) is 6.08 Å². The summed E-state index contributed by atoms with van der Waals surface area (Å²) < 4.78 is 40.3. The fraction of sp³-hybridized carbons (Fsp3) is 0.348. The summed E-state index contributed by atoms with van der Waals surface area (Å²) in [5.41, 5.74) is 1.56. The smallest absolute Gasteiger partial charge is 0.244 e. The highest BCUT2D eigenvalue weighted by atomic mass is 32.2.